The molecule has 0 spiro atoms. The number of rotatable bonds is 6. The third-order valence-electron chi connectivity index (χ3n) is 3.90. The van der Waals surface area contributed by atoms with Gasteiger partial charge in [0.05, 0.1) is 0 Å². The predicted octanol–water partition coefficient (Wildman–Crippen LogP) is 3.64. The highest BCUT2D eigenvalue weighted by molar-refractivity contribution is 6.46. The first-order valence-electron chi connectivity index (χ1n) is 9.09. The molecule has 0 bridgehead atoms. The summed E-state index contributed by atoms with van der Waals surface area (Å²) in [5.41, 5.74) is 0.00442. The Morgan fingerprint density at radius 1 is 1.11 bits per heavy atom. The molecular weight excluding hydrogens is 390 g/mol. The molecular formula is C15H17F8N3O. The third-order valence-corrected chi connectivity index (χ3v) is 3.90. The van der Waals surface area contributed by atoms with Crippen LogP contribution in [0.5, 0.6) is 0 Å². The van der Waals surface area contributed by atoms with Gasteiger partial charge in [0, 0.05) is 24.1 Å². The third kappa shape index (κ3) is 3.94. The highest BCUT2D eigenvalue weighted by atomic mass is 19.4. The molecule has 0 aromatic carbocycles. The Bertz CT molecular complexity index is 759. The maximum atomic E-state index is 13.8. The van der Waals surface area contributed by atoms with E-state index in [0.717, 1.165) is 4.90 Å². The van der Waals surface area contributed by atoms with E-state index < -0.39 is 50.1 Å². The molecule has 0 radical (unpaired) electrons. The summed E-state index contributed by atoms with van der Waals surface area (Å²) in [6.07, 6.45) is 1.76. The largest absolute Gasteiger partial charge is 0.470 e. The molecule has 4 nitrogen and oxygen atoms in total. The van der Waals surface area contributed by atoms with E-state index in [2.05, 4.69) is 14.7 Å². The lowest BCUT2D eigenvalue weighted by molar-refractivity contribution is -0.365. The fraction of sp³-hybridized carbons (Fsp3) is 0.733. The van der Waals surface area contributed by atoms with Crippen molar-refractivity contribution in [3.05, 3.63) is 11.6 Å². The first-order chi connectivity index (χ1) is 13.4. The minimum Gasteiger partial charge on any atom is -0.470 e. The number of aliphatic imine (C=N–C) groups is 2. The molecule has 154 valence electrons. The van der Waals surface area contributed by atoms with Gasteiger partial charge in [0.15, 0.2) is 6.61 Å². The van der Waals surface area contributed by atoms with E-state index >= 15 is 0 Å². The van der Waals surface area contributed by atoms with Gasteiger partial charge in [-0.25, -0.2) is 4.99 Å². The summed E-state index contributed by atoms with van der Waals surface area (Å²) < 4.78 is 134. The molecule has 2 aliphatic heterocycles. The fourth-order valence-electron chi connectivity index (χ4n) is 2.34. The molecule has 0 aliphatic carbocycles. The number of nitrogens with zero attached hydrogens (tertiary/aromatic N) is 3. The Labute approximate surface area is 153 Å². The smallest absolute Gasteiger partial charge is 0.381 e. The number of hydrogen-bond donors (Lipinski definition) is 0. The second kappa shape index (κ2) is 7.02. The molecule has 27 heavy (non-hydrogen) atoms. The van der Waals surface area contributed by atoms with Crippen molar-refractivity contribution in [1.29, 1.82) is 0 Å². The first-order valence-corrected chi connectivity index (χ1v) is 7.59. The lowest BCUT2D eigenvalue weighted by Gasteiger charge is -2.35. The summed E-state index contributed by atoms with van der Waals surface area (Å²) in [6, 6.07) is 0. The van der Waals surface area contributed by atoms with Crippen LogP contribution in [0.25, 0.3) is 0 Å². The summed E-state index contributed by atoms with van der Waals surface area (Å²) in [6.45, 7) is -5.85. The van der Waals surface area contributed by atoms with E-state index in [1.807, 2.05) is 0 Å². The highest BCUT2D eigenvalue weighted by Crippen LogP contribution is 2.52. The van der Waals surface area contributed by atoms with Gasteiger partial charge in [-0.15, -0.1) is 0 Å². The Morgan fingerprint density at radius 2 is 1.78 bits per heavy atom. The van der Waals surface area contributed by atoms with Gasteiger partial charge >= 0.3 is 23.7 Å². The Kier molecular flexibility index (Phi) is 4.52. The number of hydrogen-bond acceptors (Lipinski definition) is 4. The van der Waals surface area contributed by atoms with E-state index in [1.165, 1.54) is 6.08 Å². The van der Waals surface area contributed by atoms with Crippen molar-refractivity contribution in [2.24, 2.45) is 9.98 Å². The minimum atomic E-state index is -6.43. The van der Waals surface area contributed by atoms with Crippen LogP contribution >= 0.6 is 0 Å². The quantitative estimate of drug-likeness (QED) is 0.627. The molecule has 2 heterocycles. The van der Waals surface area contributed by atoms with Gasteiger partial charge in [0.1, 0.15) is 12.4 Å². The molecule has 2 rings (SSSR count). The molecule has 12 heteroatoms. The minimum absolute atomic E-state index is 0.158. The van der Waals surface area contributed by atoms with Crippen LogP contribution in [0.3, 0.4) is 0 Å². The van der Waals surface area contributed by atoms with Crippen molar-refractivity contribution < 1.29 is 44.0 Å². The molecule has 2 aliphatic rings. The standard InChI is InChI=1S/C15H17F8N3O/c1-12(16,17)14(20,21)15(22,23)13(18,19)7-27-11-10(24-8-25-11)9-4-3-5-26(2)6-9/h4H,3,5-8H2,1-2H3/i2D3. The van der Waals surface area contributed by atoms with Gasteiger partial charge in [-0.2, -0.15) is 35.1 Å². The average Bonchev–Trinajstić information content (AvgIpc) is 3.06. The zero-order chi connectivity index (χ0) is 23.2. The van der Waals surface area contributed by atoms with Gasteiger partial charge < -0.3 is 9.64 Å². The maximum absolute atomic E-state index is 13.8. The van der Waals surface area contributed by atoms with Crippen LogP contribution in [0.2, 0.25) is 0 Å². The van der Waals surface area contributed by atoms with E-state index in [9.17, 15) is 35.1 Å². The van der Waals surface area contributed by atoms with E-state index in [1.54, 1.807) is 0 Å². The lowest BCUT2D eigenvalue weighted by atomic mass is 10.00. The van der Waals surface area contributed by atoms with Crippen LogP contribution in [-0.2, 0) is 4.74 Å². The molecule has 0 unspecified atom stereocenters. The molecule has 0 N–H and O–H groups in total. The van der Waals surface area contributed by atoms with E-state index in [-0.39, 0.29) is 37.5 Å². The number of likely N-dealkylation sites (N-methyl/N-ethyl adjacent to an activating group) is 1. The summed E-state index contributed by atoms with van der Waals surface area (Å²) in [7, 11) is 0. The molecule has 0 aromatic rings. The first kappa shape index (κ1) is 17.4. The van der Waals surface area contributed by atoms with Crippen LogP contribution < -0.4 is 0 Å². The summed E-state index contributed by atoms with van der Waals surface area (Å²) in [5, 5.41) is 0. The highest BCUT2D eigenvalue weighted by Gasteiger charge is 2.79. The Hall–Kier alpha value is -1.72. The van der Waals surface area contributed by atoms with Crippen molar-refractivity contribution in [2.45, 2.75) is 37.0 Å². The van der Waals surface area contributed by atoms with Crippen molar-refractivity contribution in [1.82, 2.24) is 4.90 Å². The number of halogens is 8. The second-order valence-electron chi connectivity index (χ2n) is 6.08. The molecule has 0 atom stereocenters. The predicted molar refractivity (Wildman–Crippen MR) is 81.3 cm³/mol. The maximum Gasteiger partial charge on any atom is 0.381 e. The van der Waals surface area contributed by atoms with Gasteiger partial charge in [-0.05, 0) is 19.0 Å². The van der Waals surface area contributed by atoms with Gasteiger partial charge in [0.2, 0.25) is 5.90 Å². The molecule has 0 aromatic heterocycles. The molecule has 0 amide bonds. The Balaban J connectivity index is 2.14. The summed E-state index contributed by atoms with van der Waals surface area (Å²) in [5.74, 6) is -24.6. The second-order valence-corrected chi connectivity index (χ2v) is 6.08. The molecule has 0 saturated heterocycles. The van der Waals surface area contributed by atoms with Crippen LogP contribution in [-0.4, -0.2) is 73.5 Å². The van der Waals surface area contributed by atoms with Gasteiger partial charge in [-0.3, -0.25) is 4.99 Å². The van der Waals surface area contributed by atoms with Crippen LogP contribution in [0, 0.1) is 0 Å². The van der Waals surface area contributed by atoms with E-state index in [0.29, 0.717) is 0 Å². The molecule has 0 fully saturated rings. The van der Waals surface area contributed by atoms with Crippen LogP contribution in [0.1, 0.15) is 17.5 Å². The number of alkyl halides is 8. The zero-order valence-electron chi connectivity index (χ0n) is 16.9. The van der Waals surface area contributed by atoms with Crippen molar-refractivity contribution in [3.8, 4) is 0 Å². The average molecular weight is 410 g/mol. The normalized spacial score (nSPS) is 22.4. The fourth-order valence-corrected chi connectivity index (χ4v) is 2.34. The van der Waals surface area contributed by atoms with Gasteiger partial charge in [-0.1, -0.05) is 6.08 Å². The van der Waals surface area contributed by atoms with Crippen molar-refractivity contribution >= 4 is 11.6 Å². The van der Waals surface area contributed by atoms with Crippen molar-refractivity contribution in [3.63, 3.8) is 0 Å². The molecule has 0 saturated carbocycles. The summed E-state index contributed by atoms with van der Waals surface area (Å²) in [4.78, 5) is 8.43. The SMILES string of the molecule is [2H]C([2H])([2H])N1CCC=C(C2=NCN=C2OCC(F)(F)C(F)(F)C(F)(F)C(C)(F)F)C1. The lowest BCUT2D eigenvalue weighted by Crippen LogP contribution is -2.62. The van der Waals surface area contributed by atoms with E-state index in [4.69, 9.17) is 4.11 Å². The van der Waals surface area contributed by atoms with Gasteiger partial charge in [0.25, 0.3) is 0 Å². The summed E-state index contributed by atoms with van der Waals surface area (Å²) >= 11 is 0. The van der Waals surface area contributed by atoms with Crippen molar-refractivity contribution in [2.75, 3.05) is 33.3 Å². The zero-order valence-corrected chi connectivity index (χ0v) is 13.9. The Morgan fingerprint density at radius 3 is 2.37 bits per heavy atom. The van der Waals surface area contributed by atoms with Crippen LogP contribution in [0.4, 0.5) is 35.1 Å². The van der Waals surface area contributed by atoms with Crippen LogP contribution in [0.15, 0.2) is 21.6 Å². The monoisotopic (exact) mass is 410 g/mol. The topological polar surface area (TPSA) is 37.2 Å². The number of ether oxygens (including phenoxy) is 1.